The normalized spacial score (nSPS) is 10.0. The zero-order valence-corrected chi connectivity index (χ0v) is 14.0. The molecule has 5 nitrogen and oxygen atoms in total. The molecule has 0 atom stereocenters. The highest BCUT2D eigenvalue weighted by Crippen LogP contribution is 2.35. The lowest BCUT2D eigenvalue weighted by Gasteiger charge is -2.11. The molecular weight excluding hydrogens is 352 g/mol. The van der Waals surface area contributed by atoms with Gasteiger partial charge in [-0.2, -0.15) is 0 Å². The van der Waals surface area contributed by atoms with E-state index in [0.717, 1.165) is 0 Å². The molecule has 0 saturated heterocycles. The summed E-state index contributed by atoms with van der Waals surface area (Å²) in [5, 5.41) is 0. The van der Waals surface area contributed by atoms with Crippen molar-refractivity contribution in [3.63, 3.8) is 0 Å². The second-order valence-electron chi connectivity index (χ2n) is 4.26. The molecule has 0 saturated carbocycles. The van der Waals surface area contributed by atoms with Crippen LogP contribution in [0.1, 0.15) is 10.4 Å². The Labute approximate surface area is 136 Å². The van der Waals surface area contributed by atoms with E-state index in [-0.39, 0.29) is 0 Å². The number of benzene rings is 2. The van der Waals surface area contributed by atoms with Crippen LogP contribution >= 0.6 is 15.9 Å². The lowest BCUT2D eigenvalue weighted by atomic mass is 10.2. The molecule has 2 aromatic rings. The highest BCUT2D eigenvalue weighted by Gasteiger charge is 2.16. The maximum absolute atomic E-state index is 12.2. The van der Waals surface area contributed by atoms with E-state index < -0.39 is 5.97 Å². The van der Waals surface area contributed by atoms with Crippen LogP contribution in [-0.2, 0) is 0 Å². The number of methoxy groups -OCH3 is 3. The second kappa shape index (κ2) is 7.17. The van der Waals surface area contributed by atoms with Crippen LogP contribution in [0.3, 0.4) is 0 Å². The molecule has 22 heavy (non-hydrogen) atoms. The Kier molecular flexibility index (Phi) is 5.27. The fraction of sp³-hybridized carbons (Fsp3) is 0.188. The third-order valence-corrected chi connectivity index (χ3v) is 3.73. The summed E-state index contributed by atoms with van der Waals surface area (Å²) in [5.41, 5.74) is 0.327. The quantitative estimate of drug-likeness (QED) is 0.596. The van der Waals surface area contributed by atoms with Gasteiger partial charge in [-0.05, 0) is 52.3 Å². The summed E-state index contributed by atoms with van der Waals surface area (Å²) in [7, 11) is 4.59. The summed E-state index contributed by atoms with van der Waals surface area (Å²) in [4.78, 5) is 12.2. The Balaban J connectivity index is 2.24. The number of ether oxygens (including phenoxy) is 4. The molecule has 0 fully saturated rings. The second-order valence-corrected chi connectivity index (χ2v) is 5.05. The monoisotopic (exact) mass is 366 g/mol. The summed E-state index contributed by atoms with van der Waals surface area (Å²) in [5.74, 6) is 1.58. The SMILES string of the molecule is COc1ccc(OC(=O)c2cc(OC)c(Br)c(OC)c2)cc1. The predicted octanol–water partition coefficient (Wildman–Crippen LogP) is 3.69. The standard InChI is InChI=1S/C16H15BrO5/c1-19-11-4-6-12(7-5-11)22-16(18)10-8-13(20-2)15(17)14(9-10)21-3/h4-9H,1-3H3. The van der Waals surface area contributed by atoms with Crippen molar-refractivity contribution in [1.82, 2.24) is 0 Å². The van der Waals surface area contributed by atoms with Crippen LogP contribution in [0.15, 0.2) is 40.9 Å². The van der Waals surface area contributed by atoms with E-state index in [2.05, 4.69) is 15.9 Å². The molecule has 0 aromatic heterocycles. The molecule has 0 aliphatic heterocycles. The lowest BCUT2D eigenvalue weighted by molar-refractivity contribution is 0.0734. The molecule has 0 radical (unpaired) electrons. The van der Waals surface area contributed by atoms with Crippen molar-refractivity contribution in [2.45, 2.75) is 0 Å². The minimum atomic E-state index is -0.505. The molecule has 0 aliphatic rings. The van der Waals surface area contributed by atoms with Gasteiger partial charge in [0, 0.05) is 0 Å². The molecule has 0 unspecified atom stereocenters. The maximum atomic E-state index is 12.2. The van der Waals surface area contributed by atoms with Crippen molar-refractivity contribution in [2.75, 3.05) is 21.3 Å². The first-order valence-corrected chi connectivity index (χ1v) is 7.16. The molecule has 0 amide bonds. The molecule has 0 aliphatic carbocycles. The van der Waals surface area contributed by atoms with Gasteiger partial charge in [-0.15, -0.1) is 0 Å². The Hall–Kier alpha value is -2.21. The number of esters is 1. The Morgan fingerprint density at radius 2 is 1.36 bits per heavy atom. The number of carbonyl (C=O) groups is 1. The number of hydrogen-bond acceptors (Lipinski definition) is 5. The van der Waals surface area contributed by atoms with Gasteiger partial charge in [-0.1, -0.05) is 0 Å². The average Bonchev–Trinajstić information content (AvgIpc) is 2.55. The summed E-state index contributed by atoms with van der Waals surface area (Å²) in [6.45, 7) is 0. The fourth-order valence-electron chi connectivity index (χ4n) is 1.80. The molecule has 0 heterocycles. The topological polar surface area (TPSA) is 54.0 Å². The van der Waals surface area contributed by atoms with Crippen LogP contribution in [0.2, 0.25) is 0 Å². The first kappa shape index (κ1) is 16.2. The van der Waals surface area contributed by atoms with Crippen molar-refractivity contribution in [3.8, 4) is 23.0 Å². The molecule has 0 bridgehead atoms. The lowest BCUT2D eigenvalue weighted by Crippen LogP contribution is -2.09. The Morgan fingerprint density at radius 3 is 1.82 bits per heavy atom. The van der Waals surface area contributed by atoms with E-state index in [1.54, 1.807) is 43.5 Å². The van der Waals surface area contributed by atoms with Gasteiger partial charge in [-0.25, -0.2) is 4.79 Å². The minimum absolute atomic E-state index is 0.327. The van der Waals surface area contributed by atoms with Gasteiger partial charge in [0.15, 0.2) is 0 Å². The number of halogens is 1. The minimum Gasteiger partial charge on any atom is -0.497 e. The van der Waals surface area contributed by atoms with Crippen molar-refractivity contribution >= 4 is 21.9 Å². The Morgan fingerprint density at radius 1 is 0.864 bits per heavy atom. The summed E-state index contributed by atoms with van der Waals surface area (Å²) >= 11 is 3.35. The number of rotatable bonds is 5. The summed E-state index contributed by atoms with van der Waals surface area (Å²) in [6.07, 6.45) is 0. The largest absolute Gasteiger partial charge is 0.497 e. The van der Waals surface area contributed by atoms with Crippen LogP contribution in [0, 0.1) is 0 Å². The van der Waals surface area contributed by atoms with E-state index in [1.807, 2.05) is 0 Å². The van der Waals surface area contributed by atoms with Crippen molar-refractivity contribution in [2.24, 2.45) is 0 Å². The highest BCUT2D eigenvalue weighted by molar-refractivity contribution is 9.10. The van der Waals surface area contributed by atoms with Crippen LogP contribution in [0.4, 0.5) is 0 Å². The van der Waals surface area contributed by atoms with Crippen molar-refractivity contribution in [3.05, 3.63) is 46.4 Å². The number of hydrogen-bond donors (Lipinski definition) is 0. The van der Waals surface area contributed by atoms with Gasteiger partial charge in [-0.3, -0.25) is 0 Å². The third kappa shape index (κ3) is 3.51. The predicted molar refractivity (Wildman–Crippen MR) is 85.2 cm³/mol. The van der Waals surface area contributed by atoms with Crippen molar-refractivity contribution in [1.29, 1.82) is 0 Å². The van der Waals surface area contributed by atoms with E-state index in [9.17, 15) is 4.79 Å². The molecule has 0 N–H and O–H groups in total. The number of carbonyl (C=O) groups excluding carboxylic acids is 1. The van der Waals surface area contributed by atoms with Gasteiger partial charge in [0.25, 0.3) is 0 Å². The average molecular weight is 367 g/mol. The zero-order valence-electron chi connectivity index (χ0n) is 12.4. The highest BCUT2D eigenvalue weighted by atomic mass is 79.9. The van der Waals surface area contributed by atoms with Gasteiger partial charge < -0.3 is 18.9 Å². The van der Waals surface area contributed by atoms with Crippen LogP contribution < -0.4 is 18.9 Å². The van der Waals surface area contributed by atoms with Crippen molar-refractivity contribution < 1.29 is 23.7 Å². The molecule has 6 heteroatoms. The van der Waals surface area contributed by atoms with Crippen LogP contribution in [0.25, 0.3) is 0 Å². The molecule has 2 aromatic carbocycles. The smallest absolute Gasteiger partial charge is 0.343 e. The molecule has 2 rings (SSSR count). The summed E-state index contributed by atoms with van der Waals surface area (Å²) < 4.78 is 21.4. The van der Waals surface area contributed by atoms with E-state index in [4.69, 9.17) is 18.9 Å². The van der Waals surface area contributed by atoms with E-state index in [0.29, 0.717) is 33.0 Å². The Bertz CT molecular complexity index is 642. The summed E-state index contributed by atoms with van der Waals surface area (Å²) in [6, 6.07) is 9.90. The van der Waals surface area contributed by atoms with Gasteiger partial charge in [0.2, 0.25) is 0 Å². The first-order chi connectivity index (χ1) is 10.6. The van der Waals surface area contributed by atoms with Gasteiger partial charge in [0.1, 0.15) is 27.5 Å². The van der Waals surface area contributed by atoms with E-state index >= 15 is 0 Å². The zero-order chi connectivity index (χ0) is 16.1. The molecule has 116 valence electrons. The maximum Gasteiger partial charge on any atom is 0.343 e. The fourth-order valence-corrected chi connectivity index (χ4v) is 2.35. The van der Waals surface area contributed by atoms with Gasteiger partial charge >= 0.3 is 5.97 Å². The van der Waals surface area contributed by atoms with E-state index in [1.165, 1.54) is 14.2 Å². The molecule has 0 spiro atoms. The van der Waals surface area contributed by atoms with Crippen LogP contribution in [-0.4, -0.2) is 27.3 Å². The molecular formula is C16H15BrO5. The first-order valence-electron chi connectivity index (χ1n) is 6.36. The van der Waals surface area contributed by atoms with Crippen LogP contribution in [0.5, 0.6) is 23.0 Å². The third-order valence-electron chi connectivity index (χ3n) is 2.95. The van der Waals surface area contributed by atoms with Gasteiger partial charge in [0.05, 0.1) is 26.9 Å².